The van der Waals surface area contributed by atoms with Gasteiger partial charge in [-0.15, -0.1) is 0 Å². The van der Waals surface area contributed by atoms with E-state index in [1.807, 2.05) is 0 Å². The van der Waals surface area contributed by atoms with E-state index in [1.54, 1.807) is 5.32 Å². The van der Waals surface area contributed by atoms with Crippen molar-refractivity contribution in [2.45, 2.75) is 24.9 Å². The Kier molecular flexibility index (Phi) is 5.55. The number of hydrogen-bond donors (Lipinski definition) is 3. The monoisotopic (exact) mass is 408 g/mol. The standard InChI is InChI=1S/C16H14F6N4O2/c1-14(28,16(20,21)22)7-25-13(27)12-10(23)6-9(15(17,18)19)11(26-12)8-2-4-24-5-3-8/h2-6,28H,7,23H2,1H3,(H,25,27). The Labute approximate surface area is 154 Å². The Bertz CT molecular complexity index is 866. The normalized spacial score (nSPS) is 14.4. The molecule has 2 aromatic heterocycles. The lowest BCUT2D eigenvalue weighted by Gasteiger charge is -2.26. The molecule has 2 heterocycles. The van der Waals surface area contributed by atoms with Crippen LogP contribution in [-0.2, 0) is 6.18 Å². The van der Waals surface area contributed by atoms with Crippen LogP contribution in [0.3, 0.4) is 0 Å². The third-order valence-corrected chi connectivity index (χ3v) is 3.73. The number of carbonyl (C=O) groups excluding carboxylic acids is 1. The first kappa shape index (κ1) is 21.4. The van der Waals surface area contributed by atoms with E-state index in [0.717, 1.165) is 0 Å². The Morgan fingerprint density at radius 2 is 1.75 bits per heavy atom. The van der Waals surface area contributed by atoms with Crippen LogP contribution >= 0.6 is 0 Å². The van der Waals surface area contributed by atoms with Gasteiger partial charge < -0.3 is 16.2 Å². The van der Waals surface area contributed by atoms with Crippen LogP contribution in [0.2, 0.25) is 0 Å². The Balaban J connectivity index is 2.45. The smallest absolute Gasteiger partial charge is 0.397 e. The van der Waals surface area contributed by atoms with Crippen LogP contribution in [0.1, 0.15) is 23.0 Å². The Hall–Kier alpha value is -2.89. The highest BCUT2D eigenvalue weighted by atomic mass is 19.4. The van der Waals surface area contributed by atoms with Gasteiger partial charge in [0.1, 0.15) is 0 Å². The number of nitrogens with two attached hydrogens (primary N) is 1. The van der Waals surface area contributed by atoms with Crippen LogP contribution in [0, 0.1) is 0 Å². The Morgan fingerprint density at radius 1 is 1.18 bits per heavy atom. The van der Waals surface area contributed by atoms with Crippen LogP contribution in [0.4, 0.5) is 32.0 Å². The number of nitrogens with zero attached hydrogens (tertiary/aromatic N) is 2. The molecule has 0 saturated carbocycles. The molecule has 28 heavy (non-hydrogen) atoms. The zero-order valence-corrected chi connectivity index (χ0v) is 14.2. The third-order valence-electron chi connectivity index (χ3n) is 3.73. The molecular weight excluding hydrogens is 394 g/mol. The molecule has 1 unspecified atom stereocenters. The van der Waals surface area contributed by atoms with Gasteiger partial charge in [-0.05, 0) is 25.1 Å². The fourth-order valence-electron chi connectivity index (χ4n) is 2.09. The number of alkyl halides is 6. The van der Waals surface area contributed by atoms with Gasteiger partial charge in [0.2, 0.25) is 0 Å². The van der Waals surface area contributed by atoms with Crippen molar-refractivity contribution in [1.82, 2.24) is 15.3 Å². The molecule has 0 aliphatic heterocycles. The van der Waals surface area contributed by atoms with Crippen LogP contribution in [0.25, 0.3) is 11.3 Å². The first-order valence-electron chi connectivity index (χ1n) is 7.59. The molecule has 0 aliphatic rings. The average molecular weight is 408 g/mol. The number of anilines is 1. The molecule has 4 N–H and O–H groups in total. The van der Waals surface area contributed by atoms with Crippen molar-refractivity contribution in [1.29, 1.82) is 0 Å². The van der Waals surface area contributed by atoms with E-state index >= 15 is 0 Å². The van der Waals surface area contributed by atoms with E-state index < -0.39 is 53.0 Å². The first-order chi connectivity index (χ1) is 12.7. The molecule has 12 heteroatoms. The summed E-state index contributed by atoms with van der Waals surface area (Å²) in [5, 5.41) is 11.1. The second-order valence-corrected chi connectivity index (χ2v) is 6.01. The first-order valence-corrected chi connectivity index (χ1v) is 7.59. The van der Waals surface area contributed by atoms with Crippen molar-refractivity contribution in [2.24, 2.45) is 0 Å². The van der Waals surface area contributed by atoms with Gasteiger partial charge in [0.05, 0.1) is 23.5 Å². The van der Waals surface area contributed by atoms with Crippen molar-refractivity contribution in [2.75, 3.05) is 12.3 Å². The number of rotatable bonds is 4. The largest absolute Gasteiger partial charge is 0.418 e. The van der Waals surface area contributed by atoms with Crippen LogP contribution in [-0.4, -0.2) is 39.3 Å². The summed E-state index contributed by atoms with van der Waals surface area (Å²) in [5.74, 6) is -1.27. The maximum absolute atomic E-state index is 13.3. The summed E-state index contributed by atoms with van der Waals surface area (Å²) in [4.78, 5) is 19.5. The predicted octanol–water partition coefficient (Wildman–Crippen LogP) is 2.79. The minimum absolute atomic E-state index is 0.0290. The highest BCUT2D eigenvalue weighted by Gasteiger charge is 2.50. The van der Waals surface area contributed by atoms with E-state index in [-0.39, 0.29) is 5.56 Å². The van der Waals surface area contributed by atoms with Gasteiger partial charge in [0, 0.05) is 18.0 Å². The number of nitrogen functional groups attached to an aromatic ring is 1. The third kappa shape index (κ3) is 4.50. The summed E-state index contributed by atoms with van der Waals surface area (Å²) >= 11 is 0. The highest BCUT2D eigenvalue weighted by Crippen LogP contribution is 2.37. The van der Waals surface area contributed by atoms with E-state index in [4.69, 9.17) is 5.73 Å². The van der Waals surface area contributed by atoms with Gasteiger partial charge in [-0.2, -0.15) is 26.3 Å². The van der Waals surface area contributed by atoms with Gasteiger partial charge in [0.15, 0.2) is 11.3 Å². The fourth-order valence-corrected chi connectivity index (χ4v) is 2.09. The summed E-state index contributed by atoms with van der Waals surface area (Å²) in [6.45, 7) is -0.818. The van der Waals surface area contributed by atoms with Crippen LogP contribution in [0.5, 0.6) is 0 Å². The molecule has 2 rings (SSSR count). The minimum Gasteiger partial charge on any atom is -0.397 e. The molecule has 0 radical (unpaired) electrons. The zero-order valence-electron chi connectivity index (χ0n) is 14.2. The summed E-state index contributed by atoms with van der Waals surface area (Å²) in [7, 11) is 0. The second kappa shape index (κ2) is 7.26. The van der Waals surface area contributed by atoms with Crippen LogP contribution < -0.4 is 11.1 Å². The van der Waals surface area contributed by atoms with Crippen molar-refractivity contribution in [3.05, 3.63) is 41.9 Å². The van der Waals surface area contributed by atoms with Crippen LogP contribution in [0.15, 0.2) is 30.6 Å². The number of nitrogens with one attached hydrogen (secondary N) is 1. The SMILES string of the molecule is CC(O)(CNC(=O)c1nc(-c2ccncc2)c(C(F)(F)F)cc1N)C(F)(F)F. The summed E-state index contributed by atoms with van der Waals surface area (Å²) in [6, 6.07) is 2.90. The van der Waals surface area contributed by atoms with E-state index in [9.17, 15) is 36.2 Å². The summed E-state index contributed by atoms with van der Waals surface area (Å²) in [6.07, 6.45) is -7.49. The molecule has 0 saturated heterocycles. The lowest BCUT2D eigenvalue weighted by Crippen LogP contribution is -2.51. The molecule has 152 valence electrons. The topological polar surface area (TPSA) is 101 Å². The van der Waals surface area contributed by atoms with Crippen molar-refractivity contribution in [3.8, 4) is 11.3 Å². The molecular formula is C16H14F6N4O2. The molecule has 0 aliphatic carbocycles. The second-order valence-electron chi connectivity index (χ2n) is 6.01. The molecule has 0 fully saturated rings. The number of aromatic nitrogens is 2. The van der Waals surface area contributed by atoms with Gasteiger partial charge in [-0.1, -0.05) is 0 Å². The number of aliphatic hydroxyl groups is 1. The van der Waals surface area contributed by atoms with Gasteiger partial charge >= 0.3 is 12.4 Å². The van der Waals surface area contributed by atoms with Crippen molar-refractivity contribution in [3.63, 3.8) is 0 Å². The van der Waals surface area contributed by atoms with E-state index in [2.05, 4.69) is 9.97 Å². The zero-order chi connectivity index (χ0) is 21.3. The molecule has 0 aromatic carbocycles. The molecule has 2 aromatic rings. The number of carbonyl (C=O) groups is 1. The van der Waals surface area contributed by atoms with Gasteiger partial charge in [0.25, 0.3) is 5.91 Å². The summed E-state index contributed by atoms with van der Waals surface area (Å²) in [5.41, 5.74) is -1.08. The lowest BCUT2D eigenvalue weighted by atomic mass is 10.0. The van der Waals surface area contributed by atoms with Crippen molar-refractivity contribution < 1.29 is 36.2 Å². The predicted molar refractivity (Wildman–Crippen MR) is 85.9 cm³/mol. The van der Waals surface area contributed by atoms with E-state index in [0.29, 0.717) is 13.0 Å². The number of hydrogen-bond acceptors (Lipinski definition) is 5. The minimum atomic E-state index is -5.04. The fraction of sp³-hybridized carbons (Fsp3) is 0.312. The molecule has 0 spiro atoms. The quantitative estimate of drug-likeness (QED) is 0.676. The Morgan fingerprint density at radius 3 is 2.25 bits per heavy atom. The molecule has 1 amide bonds. The molecule has 6 nitrogen and oxygen atoms in total. The van der Waals surface area contributed by atoms with Crippen molar-refractivity contribution >= 4 is 11.6 Å². The lowest BCUT2D eigenvalue weighted by molar-refractivity contribution is -0.249. The van der Waals surface area contributed by atoms with Gasteiger partial charge in [-0.25, -0.2) is 4.98 Å². The highest BCUT2D eigenvalue weighted by molar-refractivity contribution is 5.98. The summed E-state index contributed by atoms with van der Waals surface area (Å²) < 4.78 is 77.9. The van der Waals surface area contributed by atoms with E-state index in [1.165, 1.54) is 24.5 Å². The maximum Gasteiger partial charge on any atom is 0.418 e. The molecule has 1 atom stereocenters. The average Bonchev–Trinajstić information content (AvgIpc) is 2.58. The number of amides is 1. The number of halogens is 6. The molecule has 0 bridgehead atoms. The maximum atomic E-state index is 13.3. The van der Waals surface area contributed by atoms with Gasteiger partial charge in [-0.3, -0.25) is 9.78 Å². The number of pyridine rings is 2.